The minimum atomic E-state index is -1.33. The minimum absolute atomic E-state index is 0.0888. The van der Waals surface area contributed by atoms with Crippen LogP contribution >= 0.6 is 0 Å². The summed E-state index contributed by atoms with van der Waals surface area (Å²) in [6, 6.07) is 30.2. The maximum atomic E-state index is 13.5. The number of carbonyl (C=O) groups excluding carboxylic acids is 3. The molecule has 2 aliphatic rings. The summed E-state index contributed by atoms with van der Waals surface area (Å²) in [5, 5.41) is 2.88. The summed E-state index contributed by atoms with van der Waals surface area (Å²) < 4.78 is 14.4. The van der Waals surface area contributed by atoms with E-state index in [0.717, 1.165) is 11.0 Å². The van der Waals surface area contributed by atoms with Gasteiger partial charge in [0.1, 0.15) is 17.2 Å². The Morgan fingerprint density at radius 1 is 0.804 bits per heavy atom. The monoisotopic (exact) mass is 742 g/mol. The number of aryl methyl sites for hydroxylation is 1. The Bertz CT molecular complexity index is 2740. The van der Waals surface area contributed by atoms with Crippen LogP contribution in [-0.2, 0) is 21.7 Å². The minimum Gasteiger partial charge on any atom is -0.456 e. The van der Waals surface area contributed by atoms with E-state index in [2.05, 4.69) is 10.3 Å². The molecule has 13 nitrogen and oxygen atoms in total. The average Bonchev–Trinajstić information content (AvgIpc) is 3.71. The molecule has 7 aromatic rings. The van der Waals surface area contributed by atoms with Crippen molar-refractivity contribution in [2.24, 2.45) is 0 Å². The van der Waals surface area contributed by atoms with Crippen LogP contribution in [0.5, 0.6) is 11.5 Å². The van der Waals surface area contributed by atoms with Gasteiger partial charge >= 0.3 is 5.97 Å². The van der Waals surface area contributed by atoms with Crippen molar-refractivity contribution in [3.8, 4) is 34.3 Å². The van der Waals surface area contributed by atoms with Crippen molar-refractivity contribution in [2.75, 3.05) is 22.5 Å². The lowest BCUT2D eigenvalue weighted by Crippen LogP contribution is -2.33. The third kappa shape index (κ3) is 5.56. The van der Waals surface area contributed by atoms with Gasteiger partial charge in [-0.3, -0.25) is 9.59 Å². The summed E-state index contributed by atoms with van der Waals surface area (Å²) >= 11 is 0. The molecule has 7 N–H and O–H groups in total. The smallest absolute Gasteiger partial charge is 0.340 e. The number of nitrogens with two attached hydrogens (primary N) is 3. The molecule has 5 aromatic carbocycles. The number of hydrogen-bond donors (Lipinski definition) is 4. The highest BCUT2D eigenvalue weighted by Gasteiger charge is 2.53. The molecular weight excluding hydrogens is 709 g/mol. The Hall–Kier alpha value is -7.54. The van der Waals surface area contributed by atoms with E-state index in [0.29, 0.717) is 74.6 Å². The van der Waals surface area contributed by atoms with Crippen LogP contribution in [0.4, 0.5) is 22.9 Å². The maximum Gasteiger partial charge on any atom is 0.340 e. The Morgan fingerprint density at radius 2 is 1.54 bits per heavy atom. The van der Waals surface area contributed by atoms with Gasteiger partial charge in [0.25, 0.3) is 0 Å². The second kappa shape index (κ2) is 13.1. The first kappa shape index (κ1) is 34.2. The number of nitrogens with zero attached hydrogens (tertiary/aromatic N) is 4. The van der Waals surface area contributed by atoms with Crippen LogP contribution in [0.25, 0.3) is 33.8 Å². The molecule has 0 saturated heterocycles. The molecule has 4 heterocycles. The number of aromatic nitrogens is 4. The number of Topliss-reactive ketones (excluding diaryl/α,β-unsaturated/α-hetero) is 1. The molecule has 13 heteroatoms. The Labute approximate surface area is 320 Å². The molecule has 1 amide bonds. The van der Waals surface area contributed by atoms with E-state index in [4.69, 9.17) is 36.6 Å². The van der Waals surface area contributed by atoms with Crippen molar-refractivity contribution in [1.29, 1.82) is 0 Å². The molecule has 0 radical (unpaired) electrons. The van der Waals surface area contributed by atoms with Crippen molar-refractivity contribution < 1.29 is 23.9 Å². The van der Waals surface area contributed by atoms with E-state index in [1.165, 1.54) is 6.07 Å². The van der Waals surface area contributed by atoms with Crippen molar-refractivity contribution in [3.05, 3.63) is 137 Å². The number of nitrogen functional groups attached to an aromatic ring is 3. The largest absolute Gasteiger partial charge is 0.456 e. The Kier molecular flexibility index (Phi) is 8.01. The molecule has 0 aliphatic carbocycles. The lowest BCUT2D eigenvalue weighted by molar-refractivity contribution is -0.116. The van der Waals surface area contributed by atoms with E-state index >= 15 is 0 Å². The molecule has 0 unspecified atom stereocenters. The number of anilines is 4. The number of fused-ring (bicyclic) bond motifs is 7. The fraction of sp³-hybridized carbons (Fsp3) is 0.116. The van der Waals surface area contributed by atoms with Crippen LogP contribution in [0.1, 0.15) is 57.2 Å². The molecule has 2 aliphatic heterocycles. The highest BCUT2D eigenvalue weighted by atomic mass is 16.6. The van der Waals surface area contributed by atoms with Crippen LogP contribution in [0.2, 0.25) is 0 Å². The van der Waals surface area contributed by atoms with Gasteiger partial charge in [-0.15, -0.1) is 0 Å². The molecule has 9 rings (SSSR count). The van der Waals surface area contributed by atoms with Crippen LogP contribution in [0.15, 0.2) is 109 Å². The normalized spacial score (nSPS) is 13.4. The van der Waals surface area contributed by atoms with Crippen LogP contribution in [0, 0.1) is 0 Å². The number of benzene rings is 5. The number of carbonyl (C=O) groups is 3. The third-order valence-corrected chi connectivity index (χ3v) is 10.2. The van der Waals surface area contributed by atoms with Gasteiger partial charge in [-0.05, 0) is 61.5 Å². The van der Waals surface area contributed by atoms with Crippen molar-refractivity contribution in [2.45, 2.75) is 31.9 Å². The van der Waals surface area contributed by atoms with Gasteiger partial charge < -0.3 is 36.6 Å². The zero-order valence-electron chi connectivity index (χ0n) is 30.1. The number of para-hydroxylation sites is 2. The Morgan fingerprint density at radius 3 is 2.29 bits per heavy atom. The molecule has 0 atom stereocenters. The fourth-order valence-corrected chi connectivity index (χ4v) is 7.56. The van der Waals surface area contributed by atoms with Crippen LogP contribution in [-0.4, -0.2) is 37.2 Å². The number of imidazole rings is 1. The van der Waals surface area contributed by atoms with Crippen molar-refractivity contribution in [3.63, 3.8) is 0 Å². The van der Waals surface area contributed by atoms with Gasteiger partial charge in [0, 0.05) is 76.4 Å². The summed E-state index contributed by atoms with van der Waals surface area (Å²) in [4.78, 5) is 54.2. The molecule has 276 valence electrons. The van der Waals surface area contributed by atoms with Crippen molar-refractivity contribution >= 4 is 51.6 Å². The van der Waals surface area contributed by atoms with E-state index in [1.807, 2.05) is 41.8 Å². The molecule has 56 heavy (non-hydrogen) atoms. The number of rotatable bonds is 8. The van der Waals surface area contributed by atoms with Crippen LogP contribution in [0.3, 0.4) is 0 Å². The zero-order valence-corrected chi connectivity index (χ0v) is 30.1. The number of hydrogen-bond acceptors (Lipinski definition) is 11. The summed E-state index contributed by atoms with van der Waals surface area (Å²) in [5.74, 6) is 0.474. The number of amides is 1. The third-order valence-electron chi connectivity index (χ3n) is 10.2. The van der Waals surface area contributed by atoms with E-state index in [9.17, 15) is 14.4 Å². The summed E-state index contributed by atoms with van der Waals surface area (Å²) in [6.07, 6.45) is 1.40. The van der Waals surface area contributed by atoms with Crippen LogP contribution < -0.4 is 27.3 Å². The van der Waals surface area contributed by atoms with E-state index in [1.54, 1.807) is 72.9 Å². The number of nitrogens with one attached hydrogen (secondary N) is 1. The second-order valence-corrected chi connectivity index (χ2v) is 13.7. The molecule has 2 aromatic heterocycles. The SMILES string of the molecule is CCn1c(-c2nc(-c3cccc(NC(=O)CCC(=O)c4ccc5c(c4)C(=O)OC54c5ccc(N)cc5Oc5cc(N)ccc54)c3)cnc2N)nc2ccccc21. The lowest BCUT2D eigenvalue weighted by atomic mass is 9.77. The van der Waals surface area contributed by atoms with Gasteiger partial charge in [0.15, 0.2) is 23.0 Å². The van der Waals surface area contributed by atoms with Crippen molar-refractivity contribution in [1.82, 2.24) is 19.5 Å². The second-order valence-electron chi connectivity index (χ2n) is 13.7. The highest BCUT2D eigenvalue weighted by Crippen LogP contribution is 2.56. The van der Waals surface area contributed by atoms with Gasteiger partial charge in [-0.25, -0.2) is 19.7 Å². The lowest BCUT2D eigenvalue weighted by Gasteiger charge is -2.36. The van der Waals surface area contributed by atoms with Gasteiger partial charge in [-0.2, -0.15) is 0 Å². The highest BCUT2D eigenvalue weighted by molar-refractivity contribution is 6.04. The maximum absolute atomic E-state index is 13.5. The first-order valence-electron chi connectivity index (χ1n) is 18.0. The summed E-state index contributed by atoms with van der Waals surface area (Å²) in [6.45, 7) is 2.69. The van der Waals surface area contributed by atoms with Gasteiger partial charge in [0.05, 0.1) is 28.5 Å². The Balaban J connectivity index is 0.923. The number of ether oxygens (including phenoxy) is 2. The number of ketones is 1. The predicted molar refractivity (Wildman–Crippen MR) is 212 cm³/mol. The average molecular weight is 743 g/mol. The number of esters is 1. The first-order chi connectivity index (χ1) is 27.1. The quantitative estimate of drug-likeness (QED) is 0.0703. The van der Waals surface area contributed by atoms with E-state index < -0.39 is 11.6 Å². The fourth-order valence-electron chi connectivity index (χ4n) is 7.56. The topological polar surface area (TPSA) is 203 Å². The molecule has 0 saturated carbocycles. The summed E-state index contributed by atoms with van der Waals surface area (Å²) in [7, 11) is 0. The molecule has 0 bridgehead atoms. The standard InChI is InChI=1S/C43H34N8O5/c1-2-51-34-9-4-3-8-32(34)50-41(51)39-40(46)47-22-33(49-39)23-6-5-7-27(18-23)48-38(53)17-16-35(52)24-10-13-29-28(19-24)42(54)56-43(29)30-14-11-25(44)20-36(30)55-37-21-26(45)12-15-31(37)43/h3-15,18-22H,2,16-17,44-45H2,1H3,(H2,46,47)(H,48,53). The van der Waals surface area contributed by atoms with Gasteiger partial charge in [-0.1, -0.05) is 36.4 Å². The molecule has 0 fully saturated rings. The first-order valence-corrected chi connectivity index (χ1v) is 18.0. The van der Waals surface area contributed by atoms with E-state index in [-0.39, 0.29) is 41.5 Å². The summed E-state index contributed by atoms with van der Waals surface area (Å²) in [5.41, 5.74) is 24.4. The predicted octanol–water partition coefficient (Wildman–Crippen LogP) is 7.10. The molecular formula is C43H34N8O5. The van der Waals surface area contributed by atoms with Gasteiger partial charge in [0.2, 0.25) is 5.91 Å². The zero-order chi connectivity index (χ0) is 38.7. The molecule has 1 spiro atoms.